The lowest BCUT2D eigenvalue weighted by atomic mass is 9.93. The molecule has 6 heteroatoms. The number of Topliss-reactive ketones (excluding diaryl/α,β-unsaturated/α-hetero) is 2. The second-order valence-corrected chi connectivity index (χ2v) is 5.61. The van der Waals surface area contributed by atoms with Gasteiger partial charge in [-0.1, -0.05) is 30.3 Å². The average Bonchev–Trinajstić information content (AvgIpc) is 2.54. The van der Waals surface area contributed by atoms with Gasteiger partial charge in [0.2, 0.25) is 0 Å². The maximum atomic E-state index is 12.0. The Hall–Kier alpha value is -3.41. The van der Waals surface area contributed by atoms with Crippen LogP contribution in [0.3, 0.4) is 0 Å². The van der Waals surface area contributed by atoms with Gasteiger partial charge in [-0.3, -0.25) is 9.59 Å². The number of phenols is 2. The monoisotopic (exact) mass is 338 g/mol. The molecule has 0 spiro atoms. The first-order valence-corrected chi connectivity index (χ1v) is 7.46. The number of carbonyl (C=O) groups is 2. The molecule has 0 atom stereocenters. The Kier molecular flexibility index (Phi) is 3.88. The van der Waals surface area contributed by atoms with Crippen molar-refractivity contribution in [1.29, 1.82) is 0 Å². The number of phenolic OH excluding ortho intramolecular Hbond substituents is 2. The van der Waals surface area contributed by atoms with Crippen molar-refractivity contribution in [3.8, 4) is 22.6 Å². The second-order valence-electron chi connectivity index (χ2n) is 5.61. The standard InChI is InChI=1S/C19H14O6/c1-9(20)14-17(23)15(10(2)21)19-16(18(14)24)12(8-13(22)25-19)11-6-4-3-5-7-11/h3-8,23-24H,1-2H3. The summed E-state index contributed by atoms with van der Waals surface area (Å²) in [6.45, 7) is 2.33. The van der Waals surface area contributed by atoms with Gasteiger partial charge in [0.25, 0.3) is 0 Å². The molecule has 3 rings (SSSR count). The first kappa shape index (κ1) is 16.4. The molecule has 0 unspecified atom stereocenters. The molecule has 3 aromatic rings. The molecule has 126 valence electrons. The molecule has 2 N–H and O–H groups in total. The van der Waals surface area contributed by atoms with Crippen molar-refractivity contribution in [2.24, 2.45) is 0 Å². The van der Waals surface area contributed by atoms with E-state index in [0.29, 0.717) is 11.1 Å². The predicted molar refractivity (Wildman–Crippen MR) is 91.3 cm³/mol. The summed E-state index contributed by atoms with van der Waals surface area (Å²) in [7, 11) is 0. The molecular weight excluding hydrogens is 324 g/mol. The molecule has 0 amide bonds. The van der Waals surface area contributed by atoms with Crippen LogP contribution in [-0.4, -0.2) is 21.8 Å². The molecule has 25 heavy (non-hydrogen) atoms. The third-order valence-electron chi connectivity index (χ3n) is 3.92. The van der Waals surface area contributed by atoms with E-state index in [9.17, 15) is 24.6 Å². The molecule has 0 bridgehead atoms. The minimum atomic E-state index is -0.747. The highest BCUT2D eigenvalue weighted by Gasteiger charge is 2.27. The normalized spacial score (nSPS) is 10.8. The number of hydrogen-bond acceptors (Lipinski definition) is 6. The number of aromatic hydroxyl groups is 2. The van der Waals surface area contributed by atoms with Gasteiger partial charge in [-0.15, -0.1) is 0 Å². The van der Waals surface area contributed by atoms with E-state index >= 15 is 0 Å². The number of ketones is 2. The van der Waals surface area contributed by atoms with Gasteiger partial charge in [0.05, 0.1) is 5.39 Å². The summed E-state index contributed by atoms with van der Waals surface area (Å²) in [5.41, 5.74) is -0.807. The average molecular weight is 338 g/mol. The summed E-state index contributed by atoms with van der Waals surface area (Å²) in [4.78, 5) is 35.9. The van der Waals surface area contributed by atoms with Crippen molar-refractivity contribution in [3.05, 3.63) is 57.9 Å². The highest BCUT2D eigenvalue weighted by molar-refractivity contribution is 6.17. The Labute approximate surface area is 142 Å². The molecule has 6 nitrogen and oxygen atoms in total. The van der Waals surface area contributed by atoms with E-state index in [0.717, 1.165) is 6.92 Å². The Bertz CT molecular complexity index is 1080. The maximum Gasteiger partial charge on any atom is 0.336 e. The van der Waals surface area contributed by atoms with Crippen LogP contribution in [0.4, 0.5) is 0 Å². The molecule has 0 radical (unpaired) electrons. The fourth-order valence-corrected chi connectivity index (χ4v) is 2.88. The Morgan fingerprint density at radius 2 is 1.52 bits per heavy atom. The molecule has 0 aliphatic carbocycles. The molecule has 0 aliphatic rings. The number of hydrogen-bond donors (Lipinski definition) is 2. The van der Waals surface area contributed by atoms with Crippen LogP contribution in [0.2, 0.25) is 0 Å². The molecule has 0 fully saturated rings. The van der Waals surface area contributed by atoms with Crippen LogP contribution < -0.4 is 5.63 Å². The summed E-state index contributed by atoms with van der Waals surface area (Å²) in [5.74, 6) is -2.45. The van der Waals surface area contributed by atoms with Crippen LogP contribution >= 0.6 is 0 Å². The topological polar surface area (TPSA) is 105 Å². The van der Waals surface area contributed by atoms with Crippen LogP contribution in [0.5, 0.6) is 11.5 Å². The third kappa shape index (κ3) is 2.57. The molecule has 0 saturated heterocycles. The van der Waals surface area contributed by atoms with Gasteiger partial charge in [-0.05, 0) is 19.4 Å². The number of fused-ring (bicyclic) bond motifs is 1. The van der Waals surface area contributed by atoms with Gasteiger partial charge in [0.1, 0.15) is 22.6 Å². The first-order valence-electron chi connectivity index (χ1n) is 7.46. The molecule has 1 heterocycles. The molecule has 0 aliphatic heterocycles. The van der Waals surface area contributed by atoms with Gasteiger partial charge < -0.3 is 14.6 Å². The van der Waals surface area contributed by atoms with Crippen molar-refractivity contribution < 1.29 is 24.2 Å². The lowest BCUT2D eigenvalue weighted by Gasteiger charge is -2.14. The van der Waals surface area contributed by atoms with E-state index in [1.54, 1.807) is 30.3 Å². The van der Waals surface area contributed by atoms with Gasteiger partial charge >= 0.3 is 5.63 Å². The zero-order valence-corrected chi connectivity index (χ0v) is 13.5. The number of carbonyl (C=O) groups excluding carboxylic acids is 2. The number of benzene rings is 2. The zero-order chi connectivity index (χ0) is 18.3. The van der Waals surface area contributed by atoms with E-state index in [1.807, 2.05) is 0 Å². The minimum Gasteiger partial charge on any atom is -0.506 e. The van der Waals surface area contributed by atoms with Crippen LogP contribution in [0, 0.1) is 0 Å². The quantitative estimate of drug-likeness (QED) is 0.561. The Morgan fingerprint density at radius 3 is 2.08 bits per heavy atom. The van der Waals surface area contributed by atoms with Crippen LogP contribution in [0.1, 0.15) is 34.6 Å². The first-order chi connectivity index (χ1) is 11.8. The van der Waals surface area contributed by atoms with Gasteiger partial charge in [-0.25, -0.2) is 4.79 Å². The van der Waals surface area contributed by atoms with E-state index < -0.39 is 28.7 Å². The summed E-state index contributed by atoms with van der Waals surface area (Å²) in [6, 6.07) is 9.85. The predicted octanol–water partition coefficient (Wildman–Crippen LogP) is 3.28. The summed E-state index contributed by atoms with van der Waals surface area (Å²) in [6.07, 6.45) is 0. The maximum absolute atomic E-state index is 12.0. The Balaban J connectivity index is 2.63. The van der Waals surface area contributed by atoms with Gasteiger partial charge in [0, 0.05) is 11.6 Å². The van der Waals surface area contributed by atoms with Crippen molar-refractivity contribution in [1.82, 2.24) is 0 Å². The fourth-order valence-electron chi connectivity index (χ4n) is 2.88. The van der Waals surface area contributed by atoms with E-state index in [2.05, 4.69) is 0 Å². The Morgan fingerprint density at radius 1 is 0.920 bits per heavy atom. The highest BCUT2D eigenvalue weighted by atomic mass is 16.4. The fraction of sp³-hybridized carbons (Fsp3) is 0.105. The van der Waals surface area contributed by atoms with Crippen molar-refractivity contribution in [2.75, 3.05) is 0 Å². The van der Waals surface area contributed by atoms with Crippen LogP contribution in [-0.2, 0) is 0 Å². The highest BCUT2D eigenvalue weighted by Crippen LogP contribution is 2.43. The van der Waals surface area contributed by atoms with Crippen LogP contribution in [0.15, 0.2) is 45.6 Å². The molecular formula is C19H14O6. The van der Waals surface area contributed by atoms with Crippen molar-refractivity contribution in [3.63, 3.8) is 0 Å². The lowest BCUT2D eigenvalue weighted by Crippen LogP contribution is -2.06. The molecule has 0 saturated carbocycles. The minimum absolute atomic E-state index is 0.0269. The summed E-state index contributed by atoms with van der Waals surface area (Å²) < 4.78 is 5.10. The van der Waals surface area contributed by atoms with E-state index in [-0.39, 0.29) is 22.1 Å². The molecule has 1 aromatic heterocycles. The van der Waals surface area contributed by atoms with Crippen molar-refractivity contribution >= 4 is 22.5 Å². The molecule has 2 aromatic carbocycles. The van der Waals surface area contributed by atoms with E-state index in [4.69, 9.17) is 4.42 Å². The lowest BCUT2D eigenvalue weighted by molar-refractivity contribution is 0.101. The van der Waals surface area contributed by atoms with Gasteiger partial charge in [0.15, 0.2) is 17.1 Å². The zero-order valence-electron chi connectivity index (χ0n) is 13.5. The van der Waals surface area contributed by atoms with E-state index in [1.165, 1.54) is 13.0 Å². The summed E-state index contributed by atoms with van der Waals surface area (Å²) in [5, 5.41) is 20.9. The smallest absolute Gasteiger partial charge is 0.336 e. The largest absolute Gasteiger partial charge is 0.506 e. The second kappa shape index (κ2) is 5.90. The van der Waals surface area contributed by atoms with Gasteiger partial charge in [-0.2, -0.15) is 0 Å². The van der Waals surface area contributed by atoms with Crippen molar-refractivity contribution in [2.45, 2.75) is 13.8 Å². The summed E-state index contributed by atoms with van der Waals surface area (Å²) >= 11 is 0. The SMILES string of the molecule is CC(=O)c1c(O)c(C(C)=O)c2oc(=O)cc(-c3ccccc3)c2c1O. The number of rotatable bonds is 3. The third-order valence-corrected chi connectivity index (χ3v) is 3.92. The van der Waals surface area contributed by atoms with Crippen LogP contribution in [0.25, 0.3) is 22.1 Å².